The highest BCUT2D eigenvalue weighted by Gasteiger charge is 2.05. The minimum Gasteiger partial charge on any atom is -0.363 e. The predicted octanol–water partition coefficient (Wildman–Crippen LogP) is 0.970. The highest BCUT2D eigenvalue weighted by Crippen LogP contribution is 2.18. The Hall–Kier alpha value is -1.43. The summed E-state index contributed by atoms with van der Waals surface area (Å²) in [6, 6.07) is 0. The van der Waals surface area contributed by atoms with Gasteiger partial charge in [0.25, 0.3) is 0 Å². The summed E-state index contributed by atoms with van der Waals surface area (Å²) in [5, 5.41) is 10.3. The molecule has 2 aromatic rings. The van der Waals surface area contributed by atoms with Gasteiger partial charge in [-0.3, -0.25) is 5.10 Å². The van der Waals surface area contributed by atoms with Gasteiger partial charge in [-0.2, -0.15) is 14.5 Å². The van der Waals surface area contributed by atoms with Crippen LogP contribution in [-0.4, -0.2) is 26.6 Å². The van der Waals surface area contributed by atoms with E-state index in [0.29, 0.717) is 5.82 Å². The van der Waals surface area contributed by atoms with Crippen LogP contribution in [0.1, 0.15) is 0 Å². The Labute approximate surface area is 73.0 Å². The van der Waals surface area contributed by atoms with Gasteiger partial charge in [0, 0.05) is 24.8 Å². The Morgan fingerprint density at radius 2 is 2.50 bits per heavy atom. The summed E-state index contributed by atoms with van der Waals surface area (Å²) < 4.78 is 4.14. The first-order valence-electron chi connectivity index (χ1n) is 3.41. The zero-order valence-corrected chi connectivity index (χ0v) is 7.22. The number of hydrogen-bond acceptors (Lipinski definition) is 5. The van der Waals surface area contributed by atoms with E-state index >= 15 is 0 Å². The number of hydrogen-bond donors (Lipinski definition) is 2. The van der Waals surface area contributed by atoms with Gasteiger partial charge in [-0.15, -0.1) is 0 Å². The van der Waals surface area contributed by atoms with Crippen LogP contribution in [0.4, 0.5) is 5.13 Å². The molecule has 0 aromatic carbocycles. The molecule has 0 aliphatic carbocycles. The molecule has 0 aliphatic rings. The molecular weight excluding hydrogens is 174 g/mol. The van der Waals surface area contributed by atoms with Gasteiger partial charge < -0.3 is 5.32 Å². The average Bonchev–Trinajstić information content (AvgIpc) is 2.75. The molecule has 6 heteroatoms. The third kappa shape index (κ3) is 1.16. The van der Waals surface area contributed by atoms with Gasteiger partial charge in [-0.25, -0.2) is 0 Å². The molecule has 0 bridgehead atoms. The number of rotatable bonds is 2. The summed E-state index contributed by atoms with van der Waals surface area (Å²) in [6.45, 7) is 0. The molecule has 0 saturated carbocycles. The number of anilines is 1. The summed E-state index contributed by atoms with van der Waals surface area (Å²) in [4.78, 5) is 4.21. The van der Waals surface area contributed by atoms with E-state index < -0.39 is 0 Å². The second-order valence-corrected chi connectivity index (χ2v) is 2.91. The Balaban J connectivity index is 2.35. The van der Waals surface area contributed by atoms with Crippen molar-refractivity contribution in [1.29, 1.82) is 0 Å². The van der Waals surface area contributed by atoms with Gasteiger partial charge in [0.2, 0.25) is 5.13 Å². The van der Waals surface area contributed by atoms with Gasteiger partial charge in [0.05, 0.1) is 11.8 Å². The fraction of sp³-hybridized carbons (Fsp3) is 0.167. The normalized spacial score (nSPS) is 10.1. The van der Waals surface area contributed by atoms with Crippen LogP contribution in [0.2, 0.25) is 0 Å². The second kappa shape index (κ2) is 2.90. The van der Waals surface area contributed by atoms with Crippen molar-refractivity contribution in [2.24, 2.45) is 0 Å². The Morgan fingerprint density at radius 3 is 3.08 bits per heavy atom. The first-order valence-corrected chi connectivity index (χ1v) is 4.18. The Bertz CT molecular complexity index is 352. The maximum atomic E-state index is 4.21. The molecule has 0 fully saturated rings. The highest BCUT2D eigenvalue weighted by atomic mass is 32.1. The lowest BCUT2D eigenvalue weighted by Gasteiger charge is -1.85. The summed E-state index contributed by atoms with van der Waals surface area (Å²) in [5.41, 5.74) is 0.910. The highest BCUT2D eigenvalue weighted by molar-refractivity contribution is 7.09. The molecule has 0 atom stereocenters. The smallest absolute Gasteiger partial charge is 0.202 e. The molecule has 0 spiro atoms. The first-order chi connectivity index (χ1) is 5.90. The van der Waals surface area contributed by atoms with Crippen molar-refractivity contribution in [1.82, 2.24) is 19.6 Å². The molecule has 0 radical (unpaired) electrons. The fourth-order valence-corrected chi connectivity index (χ4v) is 1.35. The van der Waals surface area contributed by atoms with Gasteiger partial charge in [0.1, 0.15) is 0 Å². The Kier molecular flexibility index (Phi) is 1.75. The van der Waals surface area contributed by atoms with E-state index in [9.17, 15) is 0 Å². The van der Waals surface area contributed by atoms with Crippen LogP contribution in [0.5, 0.6) is 0 Å². The van der Waals surface area contributed by atoms with E-state index in [1.54, 1.807) is 12.4 Å². The van der Waals surface area contributed by atoms with Gasteiger partial charge in [-0.05, 0) is 0 Å². The standard InChI is InChI=1S/C6H7N5S/c1-7-6-10-5(11-12-6)4-2-8-9-3-4/h2-3H,1H3,(H,8,9)(H,7,10,11). The molecule has 5 nitrogen and oxygen atoms in total. The molecule has 62 valence electrons. The molecule has 2 heterocycles. The molecule has 0 saturated heterocycles. The molecule has 2 rings (SSSR count). The van der Waals surface area contributed by atoms with Crippen LogP contribution in [-0.2, 0) is 0 Å². The van der Waals surface area contributed by atoms with E-state index in [1.165, 1.54) is 11.5 Å². The first kappa shape index (κ1) is 7.23. The van der Waals surface area contributed by atoms with Crippen molar-refractivity contribution < 1.29 is 0 Å². The van der Waals surface area contributed by atoms with Gasteiger partial charge in [0.15, 0.2) is 5.82 Å². The lowest BCUT2D eigenvalue weighted by molar-refractivity contribution is 1.09. The summed E-state index contributed by atoms with van der Waals surface area (Å²) in [5.74, 6) is 0.707. The molecule has 12 heavy (non-hydrogen) atoms. The van der Waals surface area contributed by atoms with Crippen LogP contribution >= 0.6 is 11.5 Å². The number of H-pyrrole nitrogens is 1. The third-order valence-corrected chi connectivity index (χ3v) is 2.13. The second-order valence-electron chi connectivity index (χ2n) is 2.16. The molecular formula is C6H7N5S. The molecule has 0 unspecified atom stereocenters. The minimum atomic E-state index is 0.707. The van der Waals surface area contributed by atoms with Crippen molar-refractivity contribution in [3.63, 3.8) is 0 Å². The van der Waals surface area contributed by atoms with Crippen molar-refractivity contribution in [3.8, 4) is 11.4 Å². The van der Waals surface area contributed by atoms with Crippen LogP contribution in [0, 0.1) is 0 Å². The SMILES string of the molecule is CNc1nc(-c2cn[nH]c2)ns1. The zero-order valence-electron chi connectivity index (χ0n) is 6.40. The van der Waals surface area contributed by atoms with Crippen molar-refractivity contribution in [2.45, 2.75) is 0 Å². The number of nitrogens with zero attached hydrogens (tertiary/aromatic N) is 3. The zero-order chi connectivity index (χ0) is 8.39. The Morgan fingerprint density at radius 1 is 1.58 bits per heavy atom. The van der Waals surface area contributed by atoms with Gasteiger partial charge in [-0.1, -0.05) is 0 Å². The largest absolute Gasteiger partial charge is 0.363 e. The van der Waals surface area contributed by atoms with Crippen molar-refractivity contribution in [3.05, 3.63) is 12.4 Å². The van der Waals surface area contributed by atoms with Crippen molar-refractivity contribution >= 4 is 16.7 Å². The van der Waals surface area contributed by atoms with E-state index in [1.807, 2.05) is 7.05 Å². The number of nitrogens with one attached hydrogen (secondary N) is 2. The summed E-state index contributed by atoms with van der Waals surface area (Å²) in [7, 11) is 1.82. The quantitative estimate of drug-likeness (QED) is 0.724. The summed E-state index contributed by atoms with van der Waals surface area (Å²) >= 11 is 1.33. The number of aromatic amines is 1. The number of aromatic nitrogens is 4. The molecule has 0 amide bonds. The monoisotopic (exact) mass is 181 g/mol. The molecule has 2 N–H and O–H groups in total. The fourth-order valence-electron chi connectivity index (χ4n) is 0.815. The average molecular weight is 181 g/mol. The predicted molar refractivity (Wildman–Crippen MR) is 47.0 cm³/mol. The maximum absolute atomic E-state index is 4.21. The van der Waals surface area contributed by atoms with Crippen LogP contribution in [0.25, 0.3) is 11.4 Å². The molecule has 2 aromatic heterocycles. The van der Waals surface area contributed by atoms with Crippen LogP contribution in [0.15, 0.2) is 12.4 Å². The van der Waals surface area contributed by atoms with E-state index in [0.717, 1.165) is 10.7 Å². The van der Waals surface area contributed by atoms with Gasteiger partial charge >= 0.3 is 0 Å². The summed E-state index contributed by atoms with van der Waals surface area (Å²) in [6.07, 6.45) is 3.46. The molecule has 0 aliphatic heterocycles. The minimum absolute atomic E-state index is 0.707. The van der Waals surface area contributed by atoms with Crippen LogP contribution < -0.4 is 5.32 Å². The van der Waals surface area contributed by atoms with E-state index in [-0.39, 0.29) is 0 Å². The maximum Gasteiger partial charge on any atom is 0.202 e. The topological polar surface area (TPSA) is 66.5 Å². The van der Waals surface area contributed by atoms with E-state index in [2.05, 4.69) is 24.9 Å². The lowest BCUT2D eigenvalue weighted by atomic mass is 10.3. The lowest BCUT2D eigenvalue weighted by Crippen LogP contribution is -1.85. The van der Waals surface area contributed by atoms with Crippen LogP contribution in [0.3, 0.4) is 0 Å². The third-order valence-electron chi connectivity index (χ3n) is 1.40. The van der Waals surface area contributed by atoms with E-state index in [4.69, 9.17) is 0 Å². The van der Waals surface area contributed by atoms with Crippen molar-refractivity contribution in [2.75, 3.05) is 12.4 Å².